The Bertz CT molecular complexity index is 482. The van der Waals surface area contributed by atoms with Gasteiger partial charge in [-0.25, -0.2) is 14.8 Å². The first-order valence-corrected chi connectivity index (χ1v) is 6.00. The number of carboxylic acid groups (broad SMARTS) is 1. The predicted molar refractivity (Wildman–Crippen MR) is 65.5 cm³/mol. The third-order valence-corrected chi connectivity index (χ3v) is 2.90. The van der Waals surface area contributed by atoms with Crippen LogP contribution in [0.25, 0.3) is 0 Å². The number of carboxylic acids is 1. The van der Waals surface area contributed by atoms with Crippen molar-refractivity contribution in [2.75, 3.05) is 11.9 Å². The van der Waals surface area contributed by atoms with E-state index < -0.39 is 5.97 Å². The Morgan fingerprint density at radius 2 is 2.29 bits per heavy atom. The van der Waals surface area contributed by atoms with Gasteiger partial charge in [0, 0.05) is 6.54 Å². The Balaban J connectivity index is 1.85. The highest BCUT2D eigenvalue weighted by molar-refractivity contribution is 7.07. The molecule has 5 nitrogen and oxygen atoms in total. The lowest BCUT2D eigenvalue weighted by molar-refractivity contribution is 0.0690. The third-order valence-electron chi connectivity index (χ3n) is 2.17. The lowest BCUT2D eigenvalue weighted by Crippen LogP contribution is -2.08. The van der Waals surface area contributed by atoms with Crippen molar-refractivity contribution < 1.29 is 9.90 Å². The maximum absolute atomic E-state index is 10.6. The van der Waals surface area contributed by atoms with Gasteiger partial charge in [0.15, 0.2) is 5.69 Å². The number of nitrogens with zero attached hydrogens (tertiary/aromatic N) is 2. The maximum Gasteiger partial charge on any atom is 0.356 e. The van der Waals surface area contributed by atoms with Gasteiger partial charge in [0.1, 0.15) is 5.82 Å². The molecule has 2 rings (SSSR count). The fraction of sp³-hybridized carbons (Fsp3) is 0.182. The molecule has 0 aliphatic rings. The summed E-state index contributed by atoms with van der Waals surface area (Å²) in [6.07, 6.45) is 3.58. The molecule has 6 heteroatoms. The predicted octanol–water partition coefficient (Wildman–Crippen LogP) is 1.89. The smallest absolute Gasteiger partial charge is 0.356 e. The van der Waals surface area contributed by atoms with E-state index in [-0.39, 0.29) is 5.69 Å². The highest BCUT2D eigenvalue weighted by atomic mass is 32.1. The minimum Gasteiger partial charge on any atom is -0.476 e. The molecule has 2 heterocycles. The SMILES string of the molecule is O=C(O)c1cnc(NCCc2ccsc2)cn1. The molecular weight excluding hydrogens is 238 g/mol. The van der Waals surface area contributed by atoms with Gasteiger partial charge in [0.25, 0.3) is 0 Å². The molecule has 0 atom stereocenters. The molecule has 0 aromatic carbocycles. The van der Waals surface area contributed by atoms with Crippen LogP contribution in [-0.4, -0.2) is 27.6 Å². The van der Waals surface area contributed by atoms with Crippen LogP contribution in [0.2, 0.25) is 0 Å². The first-order valence-electron chi connectivity index (χ1n) is 5.06. The summed E-state index contributed by atoms with van der Waals surface area (Å²) in [6.45, 7) is 0.748. The molecule has 0 radical (unpaired) electrons. The number of thiophene rings is 1. The summed E-state index contributed by atoms with van der Waals surface area (Å²) in [5.41, 5.74) is 1.23. The van der Waals surface area contributed by atoms with Crippen molar-refractivity contribution in [3.8, 4) is 0 Å². The second kappa shape index (κ2) is 5.40. The van der Waals surface area contributed by atoms with E-state index in [2.05, 4.69) is 26.7 Å². The van der Waals surface area contributed by atoms with E-state index in [1.165, 1.54) is 18.0 Å². The van der Waals surface area contributed by atoms with Crippen LogP contribution in [0, 0.1) is 0 Å². The van der Waals surface area contributed by atoms with Crippen molar-refractivity contribution in [3.63, 3.8) is 0 Å². The molecule has 0 aliphatic carbocycles. The van der Waals surface area contributed by atoms with Crippen molar-refractivity contribution in [2.24, 2.45) is 0 Å². The fourth-order valence-electron chi connectivity index (χ4n) is 1.30. The van der Waals surface area contributed by atoms with E-state index in [1.54, 1.807) is 11.3 Å². The molecule has 0 spiro atoms. The van der Waals surface area contributed by atoms with Crippen molar-refractivity contribution >= 4 is 23.1 Å². The van der Waals surface area contributed by atoms with Crippen LogP contribution in [-0.2, 0) is 6.42 Å². The number of anilines is 1. The van der Waals surface area contributed by atoms with Gasteiger partial charge in [-0.15, -0.1) is 0 Å². The van der Waals surface area contributed by atoms with E-state index in [1.807, 2.05) is 5.38 Å². The number of aromatic nitrogens is 2. The molecule has 2 N–H and O–H groups in total. The zero-order chi connectivity index (χ0) is 12.1. The number of aromatic carboxylic acids is 1. The van der Waals surface area contributed by atoms with Gasteiger partial charge in [-0.05, 0) is 28.8 Å². The van der Waals surface area contributed by atoms with Gasteiger partial charge < -0.3 is 10.4 Å². The van der Waals surface area contributed by atoms with Crippen molar-refractivity contribution in [1.29, 1.82) is 0 Å². The summed E-state index contributed by atoms with van der Waals surface area (Å²) in [6, 6.07) is 2.07. The highest BCUT2D eigenvalue weighted by Gasteiger charge is 2.04. The van der Waals surface area contributed by atoms with Crippen molar-refractivity contribution in [1.82, 2.24) is 9.97 Å². The third kappa shape index (κ3) is 3.25. The van der Waals surface area contributed by atoms with E-state index in [9.17, 15) is 4.79 Å². The van der Waals surface area contributed by atoms with Gasteiger partial charge in [0.05, 0.1) is 12.4 Å². The lowest BCUT2D eigenvalue weighted by Gasteiger charge is -2.03. The van der Waals surface area contributed by atoms with E-state index in [0.717, 1.165) is 13.0 Å². The first-order chi connectivity index (χ1) is 8.25. The average molecular weight is 249 g/mol. The molecule has 0 amide bonds. The second-order valence-electron chi connectivity index (χ2n) is 3.40. The Morgan fingerprint density at radius 3 is 2.88 bits per heavy atom. The summed E-state index contributed by atoms with van der Waals surface area (Å²) in [5, 5.41) is 15.9. The number of carbonyl (C=O) groups is 1. The summed E-state index contributed by atoms with van der Waals surface area (Å²) in [7, 11) is 0. The highest BCUT2D eigenvalue weighted by Crippen LogP contribution is 2.07. The molecule has 17 heavy (non-hydrogen) atoms. The number of hydrogen-bond donors (Lipinski definition) is 2. The van der Waals surface area contributed by atoms with Crippen LogP contribution in [0.1, 0.15) is 16.1 Å². The van der Waals surface area contributed by atoms with Crippen molar-refractivity contribution in [2.45, 2.75) is 6.42 Å². The molecule has 88 valence electrons. The number of rotatable bonds is 5. The Morgan fingerprint density at radius 1 is 1.41 bits per heavy atom. The van der Waals surface area contributed by atoms with Crippen LogP contribution in [0.15, 0.2) is 29.2 Å². The van der Waals surface area contributed by atoms with Gasteiger partial charge in [-0.2, -0.15) is 11.3 Å². The Kier molecular flexibility index (Phi) is 3.66. The van der Waals surface area contributed by atoms with Gasteiger partial charge in [0.2, 0.25) is 0 Å². The zero-order valence-electron chi connectivity index (χ0n) is 8.96. The Hall–Kier alpha value is -1.95. The van der Waals surface area contributed by atoms with Crippen LogP contribution in [0.4, 0.5) is 5.82 Å². The maximum atomic E-state index is 10.6. The first kappa shape index (κ1) is 11.5. The molecule has 2 aromatic rings. The normalized spacial score (nSPS) is 10.1. The van der Waals surface area contributed by atoms with Gasteiger partial charge >= 0.3 is 5.97 Å². The largest absolute Gasteiger partial charge is 0.476 e. The lowest BCUT2D eigenvalue weighted by atomic mass is 10.2. The standard InChI is InChI=1S/C11H11N3O2S/c15-11(16)9-5-14-10(6-13-9)12-3-1-8-2-4-17-7-8/h2,4-7H,1,3H2,(H,12,14)(H,15,16). The summed E-state index contributed by atoms with van der Waals surface area (Å²) in [4.78, 5) is 18.3. The molecule has 0 fully saturated rings. The number of nitrogens with one attached hydrogen (secondary N) is 1. The quantitative estimate of drug-likeness (QED) is 0.846. The van der Waals surface area contributed by atoms with Crippen LogP contribution < -0.4 is 5.32 Å². The zero-order valence-corrected chi connectivity index (χ0v) is 9.78. The van der Waals surface area contributed by atoms with Crippen LogP contribution in [0.5, 0.6) is 0 Å². The van der Waals surface area contributed by atoms with Gasteiger partial charge in [-0.3, -0.25) is 0 Å². The summed E-state index contributed by atoms with van der Waals surface area (Å²) >= 11 is 1.67. The minimum atomic E-state index is -1.07. The van der Waals surface area contributed by atoms with E-state index in [0.29, 0.717) is 5.82 Å². The monoisotopic (exact) mass is 249 g/mol. The van der Waals surface area contributed by atoms with Crippen molar-refractivity contribution in [3.05, 3.63) is 40.5 Å². The fourth-order valence-corrected chi connectivity index (χ4v) is 2.00. The molecule has 0 aliphatic heterocycles. The minimum absolute atomic E-state index is 0.0478. The molecule has 0 unspecified atom stereocenters. The molecule has 0 saturated carbocycles. The summed E-state index contributed by atoms with van der Waals surface area (Å²) < 4.78 is 0. The van der Waals surface area contributed by atoms with E-state index >= 15 is 0 Å². The van der Waals surface area contributed by atoms with Crippen LogP contribution >= 0.6 is 11.3 Å². The van der Waals surface area contributed by atoms with Gasteiger partial charge in [-0.1, -0.05) is 0 Å². The second-order valence-corrected chi connectivity index (χ2v) is 4.18. The topological polar surface area (TPSA) is 75.1 Å². The summed E-state index contributed by atoms with van der Waals surface area (Å²) in [5.74, 6) is -0.479. The average Bonchev–Trinajstić information content (AvgIpc) is 2.83. The number of hydrogen-bond acceptors (Lipinski definition) is 5. The van der Waals surface area contributed by atoms with E-state index in [4.69, 9.17) is 5.11 Å². The Labute approximate surface area is 102 Å². The molecule has 0 bridgehead atoms. The molecule has 2 aromatic heterocycles. The molecule has 0 saturated heterocycles. The molecular formula is C11H11N3O2S. The van der Waals surface area contributed by atoms with Crippen LogP contribution in [0.3, 0.4) is 0 Å².